The normalized spacial score (nSPS) is 24.9. The Balaban J connectivity index is 1.91. The molecule has 4 rings (SSSR count). The molecule has 1 amide bonds. The Labute approximate surface area is 243 Å². The van der Waals surface area contributed by atoms with E-state index in [-0.39, 0.29) is 36.1 Å². The Kier molecular flexibility index (Phi) is 8.13. The lowest BCUT2D eigenvalue weighted by Gasteiger charge is -2.50. The first-order chi connectivity index (χ1) is 19.7. The number of amides is 1. The molecule has 1 aromatic rings. The van der Waals surface area contributed by atoms with E-state index in [9.17, 15) is 39.6 Å². The number of unbranched alkanes of at least 4 members (excludes halogenated alkanes) is 1. The number of aliphatic hydroxyl groups is 3. The van der Waals surface area contributed by atoms with Crippen molar-refractivity contribution in [3.8, 4) is 17.6 Å². The second-order valence-electron chi connectivity index (χ2n) is 11.2. The van der Waals surface area contributed by atoms with Crippen molar-refractivity contribution in [1.29, 1.82) is 0 Å². The molecule has 0 spiro atoms. The monoisotopic (exact) mass is 581 g/mol. The van der Waals surface area contributed by atoms with Crippen molar-refractivity contribution < 1.29 is 44.3 Å². The number of phenols is 1. The number of carbonyl (C=O) groups is 4. The number of benzene rings is 1. The molecule has 3 aliphatic rings. The van der Waals surface area contributed by atoms with Crippen molar-refractivity contribution in [2.45, 2.75) is 44.2 Å². The predicted molar refractivity (Wildman–Crippen MR) is 151 cm³/mol. The van der Waals surface area contributed by atoms with Crippen LogP contribution in [0.4, 0.5) is 5.69 Å². The van der Waals surface area contributed by atoms with Gasteiger partial charge in [-0.1, -0.05) is 19.3 Å². The number of hydrogen-bond donors (Lipinski definition) is 5. The van der Waals surface area contributed by atoms with E-state index in [1.807, 2.05) is 6.92 Å². The topological polar surface area (TPSA) is 191 Å². The Morgan fingerprint density at radius 1 is 1.17 bits per heavy atom. The van der Waals surface area contributed by atoms with Gasteiger partial charge in [-0.25, -0.2) is 4.79 Å². The van der Waals surface area contributed by atoms with Crippen LogP contribution in [0.1, 0.15) is 42.9 Å². The van der Waals surface area contributed by atoms with E-state index in [2.05, 4.69) is 11.8 Å². The number of ether oxygens (including phenoxy) is 1. The molecule has 0 unspecified atom stereocenters. The van der Waals surface area contributed by atoms with Crippen molar-refractivity contribution in [3.05, 3.63) is 39.7 Å². The second kappa shape index (κ2) is 11.2. The van der Waals surface area contributed by atoms with Crippen LogP contribution in [0.3, 0.4) is 0 Å². The standard InChI is InChI=1S/C30H35N3O9/c1-6-7-10-42-19(34)9-8-14-13-18(32(2)3)16-11-15-12-17-23(33(4)5)26(37)22(29(31)40)28(39)30(17,41)27(38)20(15)25(36)21(16)24(14)35/h13,15,17,23,35-36,39,41H,6-7,10-12H2,1-5H3,(H2,31,40)/t15-,17-,23-,30-/m1/s1. The summed E-state index contributed by atoms with van der Waals surface area (Å²) in [4.78, 5) is 54.6. The molecule has 0 bridgehead atoms. The molecule has 224 valence electrons. The highest BCUT2D eigenvalue weighted by Crippen LogP contribution is 2.54. The zero-order valence-corrected chi connectivity index (χ0v) is 24.1. The SMILES string of the molecule is CCCCOC(=O)C#Cc1cc(N(C)C)c2c(c1O)C(O)=C1C(=O)[C@@]3(O)C(O)=C(C(N)=O)C(=O)[C@H](N(C)C)[C@H]3C[C@H]1C2. The van der Waals surface area contributed by atoms with Crippen LogP contribution in [0.2, 0.25) is 0 Å². The number of carbonyl (C=O) groups excluding carboxylic acids is 4. The number of rotatable bonds is 6. The molecule has 42 heavy (non-hydrogen) atoms. The van der Waals surface area contributed by atoms with Gasteiger partial charge in [0.15, 0.2) is 11.4 Å². The molecule has 3 aliphatic carbocycles. The number of nitrogens with two attached hydrogens (primary N) is 1. The Bertz CT molecular complexity index is 1510. The molecule has 0 aliphatic heterocycles. The predicted octanol–water partition coefficient (Wildman–Crippen LogP) is 0.725. The maximum absolute atomic E-state index is 14.0. The van der Waals surface area contributed by atoms with Crippen LogP contribution < -0.4 is 10.6 Å². The third kappa shape index (κ3) is 4.68. The van der Waals surface area contributed by atoms with Crippen LogP contribution in [0.25, 0.3) is 5.76 Å². The minimum absolute atomic E-state index is 0.00923. The number of nitrogens with zero attached hydrogens (tertiary/aromatic N) is 2. The van der Waals surface area contributed by atoms with Gasteiger partial charge in [0.05, 0.1) is 23.8 Å². The van der Waals surface area contributed by atoms with Gasteiger partial charge in [-0.05, 0) is 50.9 Å². The lowest BCUT2D eigenvalue weighted by atomic mass is 9.57. The van der Waals surface area contributed by atoms with Gasteiger partial charge in [0, 0.05) is 37.2 Å². The summed E-state index contributed by atoms with van der Waals surface area (Å²) < 4.78 is 5.05. The molecule has 1 aromatic carbocycles. The van der Waals surface area contributed by atoms with Gasteiger partial charge in [0.1, 0.15) is 22.8 Å². The van der Waals surface area contributed by atoms with E-state index in [0.717, 1.165) is 6.42 Å². The Morgan fingerprint density at radius 3 is 2.40 bits per heavy atom. The van der Waals surface area contributed by atoms with Crippen LogP contribution >= 0.6 is 0 Å². The fourth-order valence-electron chi connectivity index (χ4n) is 6.25. The molecule has 6 N–H and O–H groups in total. The number of fused-ring (bicyclic) bond motifs is 3. The molecular formula is C30H35N3O9. The number of aromatic hydroxyl groups is 1. The van der Waals surface area contributed by atoms with Crippen molar-refractivity contribution >= 4 is 34.9 Å². The highest BCUT2D eigenvalue weighted by molar-refractivity contribution is 6.24. The first-order valence-corrected chi connectivity index (χ1v) is 13.6. The van der Waals surface area contributed by atoms with Gasteiger partial charge in [0.25, 0.3) is 5.91 Å². The first-order valence-electron chi connectivity index (χ1n) is 13.6. The summed E-state index contributed by atoms with van der Waals surface area (Å²) in [6, 6.07) is 0.388. The van der Waals surface area contributed by atoms with Crippen molar-refractivity contribution in [2.75, 3.05) is 39.7 Å². The number of likely N-dealkylation sites (N-methyl/N-ethyl adjacent to an activating group) is 1. The number of anilines is 1. The Hall–Kier alpha value is -4.34. The average Bonchev–Trinajstić information content (AvgIpc) is 2.89. The van der Waals surface area contributed by atoms with E-state index in [0.29, 0.717) is 17.7 Å². The largest absolute Gasteiger partial charge is 0.508 e. The summed E-state index contributed by atoms with van der Waals surface area (Å²) in [5.41, 5.74) is 2.39. The van der Waals surface area contributed by atoms with E-state index >= 15 is 0 Å². The fourth-order valence-corrected chi connectivity index (χ4v) is 6.25. The summed E-state index contributed by atoms with van der Waals surface area (Å²) in [6.45, 7) is 2.14. The fraction of sp³-hybridized carbons (Fsp3) is 0.467. The number of esters is 1. The van der Waals surface area contributed by atoms with Gasteiger partial charge in [0.2, 0.25) is 5.78 Å². The van der Waals surface area contributed by atoms with Crippen LogP contribution in [0.5, 0.6) is 5.75 Å². The quantitative estimate of drug-likeness (QED) is 0.138. The highest BCUT2D eigenvalue weighted by Gasteiger charge is 2.64. The summed E-state index contributed by atoms with van der Waals surface area (Å²) in [6.07, 6.45) is 1.60. The lowest BCUT2D eigenvalue weighted by Crippen LogP contribution is -2.65. The molecule has 12 nitrogen and oxygen atoms in total. The first kappa shape index (κ1) is 30.6. The van der Waals surface area contributed by atoms with Gasteiger partial charge >= 0.3 is 5.97 Å². The van der Waals surface area contributed by atoms with Gasteiger partial charge in [-0.15, -0.1) is 0 Å². The lowest BCUT2D eigenvalue weighted by molar-refractivity contribution is -0.153. The van der Waals surface area contributed by atoms with E-state index in [1.54, 1.807) is 25.1 Å². The molecule has 4 atom stereocenters. The van der Waals surface area contributed by atoms with Crippen LogP contribution in [-0.2, 0) is 30.3 Å². The third-order valence-electron chi connectivity index (χ3n) is 8.21. The number of phenolic OH excluding ortho intramolecular Hbond substituents is 1. The number of hydrogen-bond acceptors (Lipinski definition) is 11. The summed E-state index contributed by atoms with van der Waals surface area (Å²) in [5.74, 6) is -3.28. The average molecular weight is 582 g/mol. The zero-order valence-electron chi connectivity index (χ0n) is 24.1. The summed E-state index contributed by atoms with van der Waals surface area (Å²) in [5, 5.41) is 45.5. The van der Waals surface area contributed by atoms with Crippen molar-refractivity contribution in [3.63, 3.8) is 0 Å². The molecule has 0 radical (unpaired) electrons. The van der Waals surface area contributed by atoms with E-state index in [1.165, 1.54) is 19.0 Å². The molecule has 0 heterocycles. The molecule has 1 saturated carbocycles. The molecule has 12 heteroatoms. The van der Waals surface area contributed by atoms with Crippen LogP contribution in [-0.4, -0.2) is 95.2 Å². The maximum Gasteiger partial charge on any atom is 0.384 e. The number of Topliss-reactive ketones (excluding diaryl/α,β-unsaturated/α-hetero) is 2. The van der Waals surface area contributed by atoms with Crippen LogP contribution in [0, 0.1) is 23.7 Å². The van der Waals surface area contributed by atoms with E-state index in [4.69, 9.17) is 10.5 Å². The minimum atomic E-state index is -2.73. The van der Waals surface area contributed by atoms with Crippen LogP contribution in [0.15, 0.2) is 23.0 Å². The molecule has 1 fully saturated rings. The highest BCUT2D eigenvalue weighted by atomic mass is 16.5. The maximum atomic E-state index is 14.0. The van der Waals surface area contributed by atoms with Crippen molar-refractivity contribution in [1.82, 2.24) is 4.90 Å². The molecule has 0 aromatic heterocycles. The number of ketones is 2. The van der Waals surface area contributed by atoms with Crippen molar-refractivity contribution in [2.24, 2.45) is 17.6 Å². The number of primary amides is 1. The number of aliphatic hydroxyl groups excluding tert-OH is 2. The third-order valence-corrected chi connectivity index (χ3v) is 8.21. The molecule has 0 saturated heterocycles. The Morgan fingerprint density at radius 2 is 1.83 bits per heavy atom. The minimum Gasteiger partial charge on any atom is -0.508 e. The van der Waals surface area contributed by atoms with Gasteiger partial charge < -0.3 is 35.8 Å². The summed E-state index contributed by atoms with van der Waals surface area (Å²) >= 11 is 0. The summed E-state index contributed by atoms with van der Waals surface area (Å²) in [7, 11) is 6.55. The smallest absolute Gasteiger partial charge is 0.384 e. The van der Waals surface area contributed by atoms with Gasteiger partial charge in [-0.2, -0.15) is 0 Å². The zero-order chi connectivity index (χ0) is 31.3. The van der Waals surface area contributed by atoms with Gasteiger partial charge in [-0.3, -0.25) is 19.3 Å². The van der Waals surface area contributed by atoms with E-state index < -0.39 is 69.8 Å². The second-order valence-corrected chi connectivity index (χ2v) is 11.2. The molecular weight excluding hydrogens is 546 g/mol.